The van der Waals surface area contributed by atoms with Gasteiger partial charge >= 0.3 is 0 Å². The summed E-state index contributed by atoms with van der Waals surface area (Å²) in [6.45, 7) is 2.01. The summed E-state index contributed by atoms with van der Waals surface area (Å²) in [6, 6.07) is 15.5. The van der Waals surface area contributed by atoms with E-state index < -0.39 is 9.84 Å². The molecule has 2 saturated heterocycles. The van der Waals surface area contributed by atoms with E-state index in [9.17, 15) is 13.2 Å². The minimum Gasteiger partial charge on any atom is -0.378 e. The lowest BCUT2D eigenvalue weighted by Gasteiger charge is -2.25. The Kier molecular flexibility index (Phi) is 5.63. The van der Waals surface area contributed by atoms with E-state index >= 15 is 0 Å². The second-order valence-electron chi connectivity index (χ2n) is 8.03. The Hall–Kier alpha value is -2.32. The predicted molar refractivity (Wildman–Crippen MR) is 124 cm³/mol. The smallest absolute Gasteiger partial charge is 0.252 e. The van der Waals surface area contributed by atoms with Crippen molar-refractivity contribution in [3.63, 3.8) is 0 Å². The first-order chi connectivity index (χ1) is 14.2. The van der Waals surface area contributed by atoms with Gasteiger partial charge in [-0.2, -0.15) is 4.99 Å². The van der Waals surface area contributed by atoms with Crippen LogP contribution in [0, 0.1) is 6.92 Å². The number of aliphatic imine (C=N–C) groups is 1. The van der Waals surface area contributed by atoms with Crippen molar-refractivity contribution >= 4 is 44.0 Å². The predicted octanol–water partition coefficient (Wildman–Crippen LogP) is 2.91. The number of nitrogens with zero attached hydrogens (tertiary/aromatic N) is 3. The summed E-state index contributed by atoms with van der Waals surface area (Å²) in [7, 11) is 0.855. The maximum absolute atomic E-state index is 12.7. The highest BCUT2D eigenvalue weighted by Crippen LogP contribution is 2.41. The third-order valence-electron chi connectivity index (χ3n) is 5.41. The van der Waals surface area contributed by atoms with Gasteiger partial charge in [0.05, 0.1) is 24.0 Å². The summed E-state index contributed by atoms with van der Waals surface area (Å²) in [6.07, 6.45) is 0.228. The highest BCUT2D eigenvalue weighted by atomic mass is 32.2. The van der Waals surface area contributed by atoms with Crippen LogP contribution in [0.3, 0.4) is 0 Å². The molecule has 2 aromatic rings. The van der Waals surface area contributed by atoms with Crippen molar-refractivity contribution in [1.82, 2.24) is 0 Å². The molecule has 2 fully saturated rings. The van der Waals surface area contributed by atoms with E-state index in [0.29, 0.717) is 5.17 Å². The molecule has 2 heterocycles. The van der Waals surface area contributed by atoms with Crippen LogP contribution in [0.4, 0.5) is 11.4 Å². The Morgan fingerprint density at radius 3 is 2.40 bits per heavy atom. The van der Waals surface area contributed by atoms with Crippen LogP contribution in [-0.2, 0) is 21.1 Å². The fourth-order valence-electron chi connectivity index (χ4n) is 3.80. The lowest BCUT2D eigenvalue weighted by atomic mass is 10.1. The Morgan fingerprint density at radius 1 is 1.10 bits per heavy atom. The molecule has 0 saturated carbocycles. The summed E-state index contributed by atoms with van der Waals surface area (Å²) < 4.78 is 24.4. The van der Waals surface area contributed by atoms with Crippen LogP contribution in [0.5, 0.6) is 0 Å². The third kappa shape index (κ3) is 4.39. The molecule has 30 heavy (non-hydrogen) atoms. The molecule has 0 N–H and O–H groups in total. The van der Waals surface area contributed by atoms with Crippen molar-refractivity contribution in [2.24, 2.45) is 4.99 Å². The maximum Gasteiger partial charge on any atom is 0.252 e. The highest BCUT2D eigenvalue weighted by Gasteiger charge is 2.49. The highest BCUT2D eigenvalue weighted by molar-refractivity contribution is 8.16. The first-order valence-electron chi connectivity index (χ1n) is 9.82. The number of hydrogen-bond acceptors (Lipinski definition) is 5. The zero-order valence-corrected chi connectivity index (χ0v) is 18.9. The number of benzene rings is 2. The molecule has 0 unspecified atom stereocenters. The molecule has 1 amide bonds. The van der Waals surface area contributed by atoms with Crippen LogP contribution in [0.1, 0.15) is 11.1 Å². The monoisotopic (exact) mass is 443 g/mol. The van der Waals surface area contributed by atoms with Crippen molar-refractivity contribution < 1.29 is 13.2 Å². The zero-order valence-electron chi connectivity index (χ0n) is 17.3. The number of aryl methyl sites for hydroxylation is 1. The summed E-state index contributed by atoms with van der Waals surface area (Å²) in [5.41, 5.74) is 3.97. The van der Waals surface area contributed by atoms with E-state index in [1.807, 2.05) is 79.3 Å². The van der Waals surface area contributed by atoms with Gasteiger partial charge in [-0.15, -0.1) is 0 Å². The minimum absolute atomic E-state index is 0.0886. The van der Waals surface area contributed by atoms with Gasteiger partial charge in [-0.1, -0.05) is 41.6 Å². The molecule has 0 aliphatic carbocycles. The van der Waals surface area contributed by atoms with Crippen molar-refractivity contribution in [3.05, 3.63) is 59.7 Å². The molecule has 2 aromatic carbocycles. The number of thioether (sulfide) groups is 1. The molecule has 0 spiro atoms. The lowest BCUT2D eigenvalue weighted by Crippen LogP contribution is -2.37. The molecule has 0 bridgehead atoms. The molecule has 0 aromatic heterocycles. The van der Waals surface area contributed by atoms with Gasteiger partial charge in [-0.3, -0.25) is 4.79 Å². The standard InChI is InChI=1S/C22H25N3O3S2/c1-15-4-6-16(7-5-15)12-21(26)23-22-25(18-10-8-17(9-11-18)24(2)3)19-13-30(27,28)14-20(19)29-22/h4-11,19-20H,12-14H2,1-3H3/t19-,20+/m0/s1. The third-order valence-corrected chi connectivity index (χ3v) is 8.62. The Balaban J connectivity index is 1.62. The van der Waals surface area contributed by atoms with Crippen LogP contribution in [0.15, 0.2) is 53.5 Å². The SMILES string of the molecule is Cc1ccc(CC(=O)N=C2S[C@@H]3CS(=O)(=O)C[C@@H]3N2c2ccc(N(C)C)cc2)cc1. The number of anilines is 2. The summed E-state index contributed by atoms with van der Waals surface area (Å²) in [5.74, 6) is -0.00971. The fraction of sp³-hybridized carbons (Fsp3) is 0.364. The van der Waals surface area contributed by atoms with Gasteiger partial charge < -0.3 is 9.80 Å². The Morgan fingerprint density at radius 2 is 1.77 bits per heavy atom. The quantitative estimate of drug-likeness (QED) is 0.724. The van der Waals surface area contributed by atoms with E-state index in [-0.39, 0.29) is 35.1 Å². The minimum atomic E-state index is -3.08. The average molecular weight is 444 g/mol. The summed E-state index contributed by atoms with van der Waals surface area (Å²) in [5, 5.41) is 0.490. The number of amidine groups is 1. The summed E-state index contributed by atoms with van der Waals surface area (Å²) in [4.78, 5) is 21.0. The second-order valence-corrected chi connectivity index (χ2v) is 11.4. The van der Waals surface area contributed by atoms with Gasteiger partial charge in [0.15, 0.2) is 15.0 Å². The van der Waals surface area contributed by atoms with Gasteiger partial charge in [-0.25, -0.2) is 8.42 Å². The molecule has 0 radical (unpaired) electrons. The van der Waals surface area contributed by atoms with Gasteiger partial charge in [0.25, 0.3) is 5.91 Å². The lowest BCUT2D eigenvalue weighted by molar-refractivity contribution is -0.117. The molecule has 2 aliphatic heterocycles. The molecule has 4 rings (SSSR count). The molecular formula is C22H25N3O3S2. The van der Waals surface area contributed by atoms with Crippen molar-refractivity contribution in [2.45, 2.75) is 24.6 Å². The van der Waals surface area contributed by atoms with Crippen LogP contribution < -0.4 is 9.80 Å². The van der Waals surface area contributed by atoms with Crippen LogP contribution in [-0.4, -0.2) is 56.4 Å². The molecule has 158 valence electrons. The number of sulfone groups is 1. The van der Waals surface area contributed by atoms with Crippen molar-refractivity contribution in [1.29, 1.82) is 0 Å². The Bertz CT molecular complexity index is 1080. The largest absolute Gasteiger partial charge is 0.378 e. The van der Waals surface area contributed by atoms with E-state index in [1.54, 1.807) is 0 Å². The number of fused-ring (bicyclic) bond motifs is 1. The van der Waals surface area contributed by atoms with Gasteiger partial charge in [0.1, 0.15) is 0 Å². The summed E-state index contributed by atoms with van der Waals surface area (Å²) >= 11 is 1.40. The zero-order chi connectivity index (χ0) is 21.5. The molecular weight excluding hydrogens is 418 g/mol. The van der Waals surface area contributed by atoms with Crippen LogP contribution in [0.25, 0.3) is 0 Å². The number of amides is 1. The van der Waals surface area contributed by atoms with Gasteiger partial charge in [-0.05, 0) is 36.8 Å². The Labute approximate surface area is 181 Å². The van der Waals surface area contributed by atoms with E-state index in [2.05, 4.69) is 4.99 Å². The number of hydrogen-bond donors (Lipinski definition) is 0. The maximum atomic E-state index is 12.7. The first-order valence-corrected chi connectivity index (χ1v) is 12.5. The van der Waals surface area contributed by atoms with Crippen molar-refractivity contribution in [2.75, 3.05) is 35.4 Å². The second kappa shape index (κ2) is 8.07. The number of rotatable bonds is 4. The van der Waals surface area contributed by atoms with Crippen LogP contribution in [0.2, 0.25) is 0 Å². The average Bonchev–Trinajstić information content (AvgIpc) is 3.14. The van der Waals surface area contributed by atoms with Crippen LogP contribution >= 0.6 is 11.8 Å². The molecule has 2 aliphatic rings. The van der Waals surface area contributed by atoms with Gasteiger partial charge in [0, 0.05) is 30.7 Å². The van der Waals surface area contributed by atoms with E-state index in [0.717, 1.165) is 22.5 Å². The normalized spacial score (nSPS) is 23.6. The molecule has 6 nitrogen and oxygen atoms in total. The van der Waals surface area contributed by atoms with Crippen molar-refractivity contribution in [3.8, 4) is 0 Å². The molecule has 8 heteroatoms. The number of carbonyl (C=O) groups excluding carboxylic acids is 1. The topological polar surface area (TPSA) is 70.0 Å². The number of carbonyl (C=O) groups is 1. The van der Waals surface area contributed by atoms with Gasteiger partial charge in [0.2, 0.25) is 0 Å². The fourth-order valence-corrected chi connectivity index (χ4v) is 7.74. The van der Waals surface area contributed by atoms with E-state index in [4.69, 9.17) is 0 Å². The van der Waals surface area contributed by atoms with E-state index in [1.165, 1.54) is 11.8 Å². The first kappa shape index (κ1) is 20.9. The molecule has 2 atom stereocenters.